The zero-order valence-corrected chi connectivity index (χ0v) is 13.7. The van der Waals surface area contributed by atoms with E-state index in [1.54, 1.807) is 12.0 Å². The maximum atomic E-state index is 12.6. The third kappa shape index (κ3) is 2.86. The highest BCUT2D eigenvalue weighted by Gasteiger charge is 2.48. The van der Waals surface area contributed by atoms with Crippen LogP contribution in [-0.4, -0.2) is 37.6 Å². The van der Waals surface area contributed by atoms with Crippen molar-refractivity contribution in [2.75, 3.05) is 25.2 Å². The molecule has 1 atom stereocenters. The van der Waals surface area contributed by atoms with Gasteiger partial charge in [-0.05, 0) is 44.4 Å². The summed E-state index contributed by atoms with van der Waals surface area (Å²) in [6, 6.07) is 5.84. The number of methoxy groups -OCH3 is 1. The molecule has 1 aromatic rings. The first-order chi connectivity index (χ1) is 10.4. The fourth-order valence-electron chi connectivity index (χ4n) is 2.90. The van der Waals surface area contributed by atoms with Crippen LogP contribution >= 0.6 is 0 Å². The van der Waals surface area contributed by atoms with Crippen molar-refractivity contribution in [3.05, 3.63) is 29.3 Å². The molecule has 0 radical (unpaired) electrons. The molecule has 1 saturated heterocycles. The summed E-state index contributed by atoms with van der Waals surface area (Å²) in [5, 5.41) is 2.86. The predicted octanol–water partition coefficient (Wildman–Crippen LogP) is 1.95. The van der Waals surface area contributed by atoms with E-state index in [2.05, 4.69) is 5.32 Å². The molecule has 120 valence electrons. The summed E-state index contributed by atoms with van der Waals surface area (Å²) < 4.78 is 4.96. The van der Waals surface area contributed by atoms with Gasteiger partial charge in [-0.15, -0.1) is 0 Å². The second kappa shape index (κ2) is 6.48. The van der Waals surface area contributed by atoms with E-state index in [1.807, 2.05) is 39.0 Å². The number of nitrogens with one attached hydrogen (secondary N) is 1. The number of benzene rings is 1. The molecule has 0 aliphatic carbocycles. The zero-order chi connectivity index (χ0) is 16.3. The lowest BCUT2D eigenvalue weighted by Gasteiger charge is -2.35. The van der Waals surface area contributed by atoms with Crippen molar-refractivity contribution in [3.8, 4) is 0 Å². The van der Waals surface area contributed by atoms with Gasteiger partial charge in [-0.2, -0.15) is 0 Å². The first kappa shape index (κ1) is 16.5. The van der Waals surface area contributed by atoms with Crippen molar-refractivity contribution in [3.63, 3.8) is 0 Å². The van der Waals surface area contributed by atoms with Gasteiger partial charge < -0.3 is 10.1 Å². The van der Waals surface area contributed by atoms with E-state index in [0.717, 1.165) is 16.8 Å². The Balaban J connectivity index is 2.33. The number of anilines is 1. The molecule has 1 N–H and O–H groups in total. The van der Waals surface area contributed by atoms with Gasteiger partial charge in [0.1, 0.15) is 5.54 Å². The van der Waals surface area contributed by atoms with Gasteiger partial charge in [0.15, 0.2) is 0 Å². The van der Waals surface area contributed by atoms with Crippen LogP contribution in [0.25, 0.3) is 0 Å². The molecule has 5 heteroatoms. The molecule has 0 saturated carbocycles. The number of aryl methyl sites for hydroxylation is 1. The van der Waals surface area contributed by atoms with E-state index in [-0.39, 0.29) is 11.8 Å². The summed E-state index contributed by atoms with van der Waals surface area (Å²) in [5.74, 6) is -0.130. The third-order valence-corrected chi connectivity index (χ3v) is 4.47. The van der Waals surface area contributed by atoms with Crippen molar-refractivity contribution in [2.24, 2.45) is 0 Å². The molecule has 22 heavy (non-hydrogen) atoms. The van der Waals surface area contributed by atoms with Gasteiger partial charge in [0.2, 0.25) is 11.8 Å². The highest BCUT2D eigenvalue weighted by Crippen LogP contribution is 2.37. The first-order valence-corrected chi connectivity index (χ1v) is 7.58. The number of ether oxygens (including phenoxy) is 1. The smallest absolute Gasteiger partial charge is 0.246 e. The Kier molecular flexibility index (Phi) is 4.86. The topological polar surface area (TPSA) is 58.6 Å². The fraction of sp³-hybridized carbons (Fsp3) is 0.529. The van der Waals surface area contributed by atoms with Crippen molar-refractivity contribution in [2.45, 2.75) is 39.2 Å². The lowest BCUT2D eigenvalue weighted by Crippen LogP contribution is -2.55. The van der Waals surface area contributed by atoms with Crippen LogP contribution in [-0.2, 0) is 14.3 Å². The Hall–Kier alpha value is -1.88. The second-order valence-corrected chi connectivity index (χ2v) is 5.97. The molecule has 1 fully saturated rings. The number of amides is 2. The summed E-state index contributed by atoms with van der Waals surface area (Å²) in [4.78, 5) is 26.7. The van der Waals surface area contributed by atoms with Crippen LogP contribution in [0, 0.1) is 13.8 Å². The van der Waals surface area contributed by atoms with Crippen LogP contribution in [0.3, 0.4) is 0 Å². The number of hydrogen-bond donors (Lipinski definition) is 1. The number of rotatable bonds is 5. The summed E-state index contributed by atoms with van der Waals surface area (Å²) in [7, 11) is 1.59. The molecule has 1 aliphatic rings. The zero-order valence-electron chi connectivity index (χ0n) is 13.7. The van der Waals surface area contributed by atoms with Gasteiger partial charge in [0, 0.05) is 25.8 Å². The van der Waals surface area contributed by atoms with E-state index >= 15 is 0 Å². The Morgan fingerprint density at radius 3 is 2.82 bits per heavy atom. The van der Waals surface area contributed by atoms with Gasteiger partial charge >= 0.3 is 0 Å². The minimum Gasteiger partial charge on any atom is -0.383 e. The largest absolute Gasteiger partial charge is 0.383 e. The maximum absolute atomic E-state index is 12.6. The Bertz CT molecular complexity index is 585. The van der Waals surface area contributed by atoms with Crippen molar-refractivity contribution in [1.82, 2.24) is 5.32 Å². The molecular weight excluding hydrogens is 280 g/mol. The van der Waals surface area contributed by atoms with Crippen molar-refractivity contribution >= 4 is 17.5 Å². The van der Waals surface area contributed by atoms with E-state index in [9.17, 15) is 9.59 Å². The SMILES string of the molecule is COCCNC(=O)C1(C)CCC(=O)N1c1cccc(C)c1C. The monoisotopic (exact) mass is 304 g/mol. The molecule has 2 rings (SSSR count). The second-order valence-electron chi connectivity index (χ2n) is 5.97. The molecule has 0 bridgehead atoms. The molecule has 1 heterocycles. The Morgan fingerprint density at radius 2 is 2.14 bits per heavy atom. The lowest BCUT2D eigenvalue weighted by atomic mass is 9.95. The predicted molar refractivity (Wildman–Crippen MR) is 85.9 cm³/mol. The normalized spacial score (nSPS) is 21.3. The summed E-state index contributed by atoms with van der Waals surface area (Å²) in [5.41, 5.74) is 2.13. The standard InChI is InChI=1S/C17H24N2O3/c1-12-6-5-7-14(13(12)2)19-15(20)8-9-17(19,3)16(21)18-10-11-22-4/h5-7H,8-11H2,1-4H3,(H,18,21). The Labute approximate surface area is 131 Å². The van der Waals surface area contributed by atoms with Crippen LogP contribution < -0.4 is 10.2 Å². The molecule has 0 spiro atoms. The number of hydrogen-bond acceptors (Lipinski definition) is 3. The fourth-order valence-corrected chi connectivity index (χ4v) is 2.90. The maximum Gasteiger partial charge on any atom is 0.246 e. The van der Waals surface area contributed by atoms with Crippen LogP contribution in [0.1, 0.15) is 30.9 Å². The number of nitrogens with zero attached hydrogens (tertiary/aromatic N) is 1. The van der Waals surface area contributed by atoms with Crippen molar-refractivity contribution < 1.29 is 14.3 Å². The highest BCUT2D eigenvalue weighted by atomic mass is 16.5. The van der Waals surface area contributed by atoms with Gasteiger partial charge in [-0.25, -0.2) is 0 Å². The quantitative estimate of drug-likeness (QED) is 0.846. The van der Waals surface area contributed by atoms with E-state index in [0.29, 0.717) is 26.0 Å². The third-order valence-electron chi connectivity index (χ3n) is 4.47. The molecular formula is C17H24N2O3. The van der Waals surface area contributed by atoms with E-state index < -0.39 is 5.54 Å². The van der Waals surface area contributed by atoms with Crippen LogP contribution in [0.2, 0.25) is 0 Å². The van der Waals surface area contributed by atoms with Gasteiger partial charge in [0.05, 0.1) is 6.61 Å². The van der Waals surface area contributed by atoms with Crippen LogP contribution in [0.4, 0.5) is 5.69 Å². The molecule has 1 aromatic carbocycles. The molecule has 2 amide bonds. The Morgan fingerprint density at radius 1 is 1.41 bits per heavy atom. The molecule has 5 nitrogen and oxygen atoms in total. The summed E-state index contributed by atoms with van der Waals surface area (Å²) >= 11 is 0. The number of carbonyl (C=O) groups is 2. The summed E-state index contributed by atoms with van der Waals surface area (Å²) in [6.45, 7) is 6.73. The first-order valence-electron chi connectivity index (χ1n) is 7.58. The van der Waals surface area contributed by atoms with Gasteiger partial charge in [-0.3, -0.25) is 14.5 Å². The van der Waals surface area contributed by atoms with Gasteiger partial charge in [0.25, 0.3) is 0 Å². The lowest BCUT2D eigenvalue weighted by molar-refractivity contribution is -0.127. The molecule has 1 aliphatic heterocycles. The average molecular weight is 304 g/mol. The van der Waals surface area contributed by atoms with Crippen LogP contribution in [0.5, 0.6) is 0 Å². The number of carbonyl (C=O) groups excluding carboxylic acids is 2. The van der Waals surface area contributed by atoms with E-state index in [1.165, 1.54) is 0 Å². The van der Waals surface area contributed by atoms with Gasteiger partial charge in [-0.1, -0.05) is 12.1 Å². The minimum atomic E-state index is -0.844. The average Bonchev–Trinajstić information content (AvgIpc) is 2.79. The van der Waals surface area contributed by atoms with Crippen LogP contribution in [0.15, 0.2) is 18.2 Å². The summed E-state index contributed by atoms with van der Waals surface area (Å²) in [6.07, 6.45) is 0.916. The molecule has 1 unspecified atom stereocenters. The highest BCUT2D eigenvalue weighted by molar-refractivity contribution is 6.07. The molecule has 0 aromatic heterocycles. The van der Waals surface area contributed by atoms with Crippen molar-refractivity contribution in [1.29, 1.82) is 0 Å². The van der Waals surface area contributed by atoms with E-state index in [4.69, 9.17) is 4.74 Å². The minimum absolute atomic E-state index is 0.00177.